The maximum Gasteiger partial charge on any atom is 0.318 e. The Balaban J connectivity index is 1.24. The first-order valence-electron chi connectivity index (χ1n) is 18.3. The largest absolute Gasteiger partial charge is 0.508 e. The normalized spacial score (nSPS) is 25.9. The summed E-state index contributed by atoms with van der Waals surface area (Å²) in [4.78, 5) is 26.8. The summed E-state index contributed by atoms with van der Waals surface area (Å²) >= 11 is 0. The molecule has 4 aliphatic rings. The summed E-state index contributed by atoms with van der Waals surface area (Å²) in [6.45, 7) is 8.95. The second kappa shape index (κ2) is 14.8. The van der Waals surface area contributed by atoms with Crippen LogP contribution in [0.3, 0.4) is 0 Å². The van der Waals surface area contributed by atoms with Gasteiger partial charge in [0.2, 0.25) is 5.91 Å². The van der Waals surface area contributed by atoms with E-state index < -0.39 is 17.5 Å². The molecule has 0 radical (unpaired) electrons. The van der Waals surface area contributed by atoms with Crippen LogP contribution in [0.15, 0.2) is 36.9 Å². The lowest BCUT2D eigenvalue weighted by Gasteiger charge is -2.41. The molecular weight excluding hydrogens is 652 g/mol. The van der Waals surface area contributed by atoms with E-state index in [1.165, 1.54) is 12.1 Å². The highest BCUT2D eigenvalue weighted by atomic mass is 19.1. The molecule has 3 aliphatic heterocycles. The third-order valence-corrected chi connectivity index (χ3v) is 11.3. The molecule has 11 heteroatoms. The van der Waals surface area contributed by atoms with Crippen molar-refractivity contribution < 1.29 is 28.2 Å². The summed E-state index contributed by atoms with van der Waals surface area (Å²) in [6.07, 6.45) is 12.8. The van der Waals surface area contributed by atoms with Crippen molar-refractivity contribution in [1.29, 1.82) is 0 Å². The Bertz CT molecular complexity index is 1840. The Kier molecular flexibility index (Phi) is 10.2. The van der Waals surface area contributed by atoms with Gasteiger partial charge in [-0.05, 0) is 99.4 Å². The van der Waals surface area contributed by atoms with Gasteiger partial charge >= 0.3 is 6.01 Å². The molecule has 3 fully saturated rings. The van der Waals surface area contributed by atoms with Crippen LogP contribution in [-0.2, 0) is 22.4 Å². The molecule has 0 spiro atoms. The zero-order valence-corrected chi connectivity index (χ0v) is 29.3. The average molecular weight is 700 g/mol. The van der Waals surface area contributed by atoms with Crippen molar-refractivity contribution in [2.24, 2.45) is 0 Å². The van der Waals surface area contributed by atoms with E-state index in [-0.39, 0.29) is 47.8 Å². The van der Waals surface area contributed by atoms with E-state index in [1.807, 2.05) is 0 Å². The fourth-order valence-corrected chi connectivity index (χ4v) is 8.84. The summed E-state index contributed by atoms with van der Waals surface area (Å²) in [7, 11) is 0. The van der Waals surface area contributed by atoms with Crippen LogP contribution >= 0.6 is 0 Å². The third-order valence-electron chi connectivity index (χ3n) is 11.3. The second-order valence-electron chi connectivity index (χ2n) is 14.8. The van der Waals surface area contributed by atoms with Crippen molar-refractivity contribution in [3.8, 4) is 24.1 Å². The molecule has 1 aliphatic carbocycles. The molecule has 2 aromatic carbocycles. The van der Waals surface area contributed by atoms with Gasteiger partial charge in [-0.3, -0.25) is 9.69 Å². The van der Waals surface area contributed by atoms with E-state index in [2.05, 4.69) is 34.5 Å². The lowest BCUT2D eigenvalue weighted by atomic mass is 9.79. The number of anilines is 1. The number of nitrogens with one attached hydrogen (secondary N) is 1. The predicted molar refractivity (Wildman–Crippen MR) is 192 cm³/mol. The number of hydrogen-bond donors (Lipinski definition) is 2. The van der Waals surface area contributed by atoms with E-state index in [9.17, 15) is 14.3 Å². The van der Waals surface area contributed by atoms with Crippen LogP contribution in [-0.4, -0.2) is 89.1 Å². The lowest BCUT2D eigenvalue weighted by Crippen LogP contribution is -2.52. The van der Waals surface area contributed by atoms with E-state index in [4.69, 9.17) is 25.9 Å². The van der Waals surface area contributed by atoms with Crippen molar-refractivity contribution in [1.82, 2.24) is 20.2 Å². The molecule has 9 nitrogen and oxygen atoms in total. The minimum atomic E-state index is -0.947. The SMILES string of the molecule is C#Cc1c(F)ccc2cc(O)cc([C@H]3CCc4c(nc(OC[C@]5(C)C[C@@H](F)CN5C5CCOCC5)nc4N4CCCCC(NC(=O)C=C)C4)C3)c12. The summed E-state index contributed by atoms with van der Waals surface area (Å²) < 4.78 is 42.1. The number of aromatic hydroxyl groups is 1. The lowest BCUT2D eigenvalue weighted by molar-refractivity contribution is -0.117. The molecule has 3 saturated heterocycles. The number of likely N-dealkylation sites (tertiary alicyclic amines) is 1. The van der Waals surface area contributed by atoms with Crippen molar-refractivity contribution in [3.63, 3.8) is 0 Å². The minimum absolute atomic E-state index is 0.0769. The molecule has 3 aromatic rings. The van der Waals surface area contributed by atoms with Crippen molar-refractivity contribution in [3.05, 3.63) is 65.1 Å². The first kappa shape index (κ1) is 35.1. The summed E-state index contributed by atoms with van der Waals surface area (Å²) in [5, 5.41) is 15.1. The van der Waals surface area contributed by atoms with Gasteiger partial charge in [-0.25, -0.2) is 8.78 Å². The van der Waals surface area contributed by atoms with E-state index in [1.54, 1.807) is 18.2 Å². The fourth-order valence-electron chi connectivity index (χ4n) is 8.84. The van der Waals surface area contributed by atoms with Crippen molar-refractivity contribution in [2.75, 3.05) is 44.4 Å². The number of carbonyl (C=O) groups excluding carboxylic acids is 1. The van der Waals surface area contributed by atoms with Crippen LogP contribution < -0.4 is 15.0 Å². The number of carbonyl (C=O) groups is 1. The van der Waals surface area contributed by atoms with E-state index in [0.717, 1.165) is 61.3 Å². The molecule has 1 amide bonds. The van der Waals surface area contributed by atoms with Gasteiger partial charge in [0.15, 0.2) is 0 Å². The zero-order chi connectivity index (χ0) is 35.7. The molecule has 1 unspecified atom stereocenters. The second-order valence-corrected chi connectivity index (χ2v) is 14.8. The molecule has 270 valence electrons. The monoisotopic (exact) mass is 699 g/mol. The summed E-state index contributed by atoms with van der Waals surface area (Å²) in [6, 6.07) is 6.66. The number of terminal acetylenes is 1. The molecule has 51 heavy (non-hydrogen) atoms. The maximum atomic E-state index is 15.0. The molecule has 0 bridgehead atoms. The number of phenolic OH excluding ortho intramolecular Hbond substituents is 1. The molecule has 7 rings (SSSR count). The average Bonchev–Trinajstić information content (AvgIpc) is 3.27. The van der Waals surface area contributed by atoms with Gasteiger partial charge in [0.25, 0.3) is 0 Å². The highest BCUT2D eigenvalue weighted by Gasteiger charge is 2.46. The predicted octanol–water partition coefficient (Wildman–Crippen LogP) is 5.75. The van der Waals surface area contributed by atoms with Crippen molar-refractivity contribution in [2.45, 2.75) is 94.4 Å². The van der Waals surface area contributed by atoms with Gasteiger partial charge < -0.3 is 24.8 Å². The number of rotatable bonds is 8. The van der Waals surface area contributed by atoms with Gasteiger partial charge in [-0.2, -0.15) is 9.97 Å². The number of fused-ring (bicyclic) bond motifs is 2. The number of benzene rings is 2. The Morgan fingerprint density at radius 1 is 1.22 bits per heavy atom. The highest BCUT2D eigenvalue weighted by Crippen LogP contribution is 2.42. The minimum Gasteiger partial charge on any atom is -0.508 e. The van der Waals surface area contributed by atoms with Gasteiger partial charge in [0.1, 0.15) is 30.2 Å². The maximum absolute atomic E-state index is 15.0. The number of halogens is 2. The van der Waals surface area contributed by atoms with Gasteiger partial charge in [-0.1, -0.05) is 18.6 Å². The van der Waals surface area contributed by atoms with Gasteiger partial charge in [-0.15, -0.1) is 6.42 Å². The highest BCUT2D eigenvalue weighted by molar-refractivity contribution is 5.93. The van der Waals surface area contributed by atoms with Gasteiger partial charge in [0, 0.05) is 62.3 Å². The molecule has 1 aromatic heterocycles. The smallest absolute Gasteiger partial charge is 0.318 e. The van der Waals surface area contributed by atoms with Crippen LogP contribution in [0.1, 0.15) is 80.2 Å². The number of ether oxygens (including phenoxy) is 2. The van der Waals surface area contributed by atoms with Crippen molar-refractivity contribution >= 4 is 22.5 Å². The number of nitrogens with zero attached hydrogens (tertiary/aromatic N) is 4. The first-order valence-corrected chi connectivity index (χ1v) is 18.3. The fraction of sp³-hybridized carbons (Fsp3) is 0.525. The molecular formula is C40H47F2N5O4. The Morgan fingerprint density at radius 2 is 2.04 bits per heavy atom. The molecule has 0 saturated carbocycles. The van der Waals surface area contributed by atoms with Gasteiger partial charge in [0.05, 0.1) is 16.8 Å². The number of hydrogen-bond acceptors (Lipinski definition) is 8. The standard InChI is InChI=1S/C40H47F2N5O4/c1-4-31-34(42)12-10-26-18-30(48)20-33(37(26)31)25-9-11-32-35(19-25)44-39(45-38(32)46-15-7-6-8-28(23-46)43-36(49)5-2)51-24-40(3)21-27(41)22-47(40)29-13-16-50-17-14-29/h1,5,10,12,18,20,25,27-29,48H,2,6-9,11,13-17,19,21-24H2,3H3,(H,43,49)/t25-,27+,28?,40-/m0/s1. The molecule has 2 N–H and O–H groups in total. The Hall–Kier alpha value is -4.27. The third kappa shape index (κ3) is 7.26. The number of amides is 1. The van der Waals surface area contributed by atoms with Crippen LogP contribution in [0, 0.1) is 18.2 Å². The van der Waals surface area contributed by atoms with Crippen LogP contribution in [0.4, 0.5) is 14.6 Å². The quantitative estimate of drug-likeness (QED) is 0.227. The molecule has 4 heterocycles. The van der Waals surface area contributed by atoms with Crippen LogP contribution in [0.5, 0.6) is 11.8 Å². The van der Waals surface area contributed by atoms with Crippen LogP contribution in [0.2, 0.25) is 0 Å². The zero-order valence-electron chi connectivity index (χ0n) is 29.3. The van der Waals surface area contributed by atoms with E-state index in [0.29, 0.717) is 62.8 Å². The summed E-state index contributed by atoms with van der Waals surface area (Å²) in [5.41, 5.74) is 2.26. The summed E-state index contributed by atoms with van der Waals surface area (Å²) in [5.74, 6) is 2.63. The topological polar surface area (TPSA) is 100 Å². The Labute approximate surface area is 298 Å². The Morgan fingerprint density at radius 3 is 2.82 bits per heavy atom. The number of aromatic nitrogens is 2. The number of phenols is 1. The van der Waals surface area contributed by atoms with Crippen LogP contribution in [0.25, 0.3) is 10.8 Å². The molecule has 4 atom stereocenters. The number of alkyl halides is 1. The van der Waals surface area contributed by atoms with E-state index >= 15 is 4.39 Å². The first-order chi connectivity index (χ1) is 24.7.